The molecule has 0 radical (unpaired) electrons. The predicted molar refractivity (Wildman–Crippen MR) is 144 cm³/mol. The Morgan fingerprint density at radius 3 is 2.59 bits per heavy atom. The highest BCUT2D eigenvalue weighted by Crippen LogP contribution is 2.34. The lowest BCUT2D eigenvalue weighted by atomic mass is 9.88. The molecule has 1 aliphatic heterocycles. The van der Waals surface area contributed by atoms with Crippen LogP contribution < -0.4 is 10.6 Å². The summed E-state index contributed by atoms with van der Waals surface area (Å²) >= 11 is 1.58. The molecule has 2 N–H and O–H groups in total. The van der Waals surface area contributed by atoms with Gasteiger partial charge in [-0.1, -0.05) is 19.3 Å². The number of piperidine rings is 1. The number of anilines is 1. The maximum Gasteiger partial charge on any atom is 0.272 e. The number of fused-ring (bicyclic) bond motifs is 1. The molecule has 9 nitrogen and oxygen atoms in total. The molecule has 3 aromatic heterocycles. The van der Waals surface area contributed by atoms with Gasteiger partial charge in [0.2, 0.25) is 5.91 Å². The Hall–Kier alpha value is -3.01. The van der Waals surface area contributed by atoms with Crippen LogP contribution >= 0.6 is 11.3 Å². The Morgan fingerprint density at radius 2 is 1.84 bits per heavy atom. The molecular formula is C27H35N7O2S. The summed E-state index contributed by atoms with van der Waals surface area (Å²) < 4.78 is 1.81. The topological polar surface area (TPSA) is 105 Å². The number of hydrogen-bond donors (Lipinski definition) is 2. The minimum Gasteiger partial charge on any atom is -0.367 e. The highest BCUT2D eigenvalue weighted by molar-refractivity contribution is 7.16. The smallest absolute Gasteiger partial charge is 0.272 e. The molecule has 1 atom stereocenters. The van der Waals surface area contributed by atoms with Crippen molar-refractivity contribution in [2.75, 3.05) is 18.4 Å². The molecule has 3 aliphatic rings. The fraction of sp³-hybridized carbons (Fsp3) is 0.593. The van der Waals surface area contributed by atoms with E-state index in [1.165, 1.54) is 19.3 Å². The fourth-order valence-corrected chi connectivity index (χ4v) is 6.44. The van der Waals surface area contributed by atoms with Crippen LogP contribution in [0.4, 0.5) is 5.82 Å². The summed E-state index contributed by atoms with van der Waals surface area (Å²) in [6.07, 6.45) is 13.2. The second-order valence-corrected chi connectivity index (χ2v) is 11.7. The summed E-state index contributed by atoms with van der Waals surface area (Å²) in [6, 6.07) is 2.22. The Labute approximate surface area is 221 Å². The summed E-state index contributed by atoms with van der Waals surface area (Å²) in [6.45, 7) is 3.39. The third kappa shape index (κ3) is 5.35. The van der Waals surface area contributed by atoms with E-state index in [0.29, 0.717) is 42.4 Å². The number of carbonyl (C=O) groups is 2. The van der Waals surface area contributed by atoms with Crippen LogP contribution in [-0.2, 0) is 4.79 Å². The highest BCUT2D eigenvalue weighted by atomic mass is 32.1. The minimum atomic E-state index is -0.0857. The molecule has 37 heavy (non-hydrogen) atoms. The number of likely N-dealkylation sites (tertiary alicyclic amines) is 1. The minimum absolute atomic E-state index is 0.0857. The third-order valence-corrected chi connectivity index (χ3v) is 9.01. The molecule has 4 heterocycles. The molecule has 0 aromatic carbocycles. The average Bonchev–Trinajstić information content (AvgIpc) is 3.55. The second kappa shape index (κ2) is 10.4. The highest BCUT2D eigenvalue weighted by Gasteiger charge is 2.30. The van der Waals surface area contributed by atoms with E-state index in [9.17, 15) is 9.59 Å². The molecule has 196 valence electrons. The molecule has 2 aliphatic carbocycles. The summed E-state index contributed by atoms with van der Waals surface area (Å²) in [4.78, 5) is 38.6. The van der Waals surface area contributed by atoms with Gasteiger partial charge in [-0.05, 0) is 51.4 Å². The van der Waals surface area contributed by atoms with Crippen LogP contribution in [0, 0.1) is 11.8 Å². The van der Waals surface area contributed by atoms with Gasteiger partial charge in [0.05, 0.1) is 11.8 Å². The van der Waals surface area contributed by atoms with Crippen molar-refractivity contribution < 1.29 is 9.59 Å². The van der Waals surface area contributed by atoms with Crippen LogP contribution in [-0.4, -0.2) is 61.5 Å². The number of thiazole rings is 1. The molecule has 1 saturated heterocycles. The molecular weight excluding hydrogens is 486 g/mol. The van der Waals surface area contributed by atoms with E-state index >= 15 is 0 Å². The fourth-order valence-electron chi connectivity index (χ4n) is 5.65. The van der Waals surface area contributed by atoms with Gasteiger partial charge < -0.3 is 15.5 Å². The first-order chi connectivity index (χ1) is 18.0. The van der Waals surface area contributed by atoms with E-state index in [4.69, 9.17) is 9.97 Å². The number of carbonyl (C=O) groups excluding carboxylic acids is 2. The van der Waals surface area contributed by atoms with Crippen molar-refractivity contribution in [3.8, 4) is 11.4 Å². The number of aromatic nitrogens is 4. The second-order valence-electron chi connectivity index (χ2n) is 10.9. The third-order valence-electron chi connectivity index (χ3n) is 8.13. The van der Waals surface area contributed by atoms with Gasteiger partial charge in [-0.3, -0.25) is 9.59 Å². The van der Waals surface area contributed by atoms with Gasteiger partial charge in [0.25, 0.3) is 5.91 Å². The van der Waals surface area contributed by atoms with Crippen molar-refractivity contribution in [3.05, 3.63) is 29.5 Å². The zero-order valence-corrected chi connectivity index (χ0v) is 22.2. The number of nitrogens with zero attached hydrogens (tertiary/aromatic N) is 5. The van der Waals surface area contributed by atoms with Crippen molar-refractivity contribution in [3.63, 3.8) is 0 Å². The largest absolute Gasteiger partial charge is 0.367 e. The maximum absolute atomic E-state index is 13.6. The van der Waals surface area contributed by atoms with Crippen molar-refractivity contribution in [2.45, 2.75) is 76.8 Å². The zero-order chi connectivity index (χ0) is 25.4. The molecule has 2 amide bonds. The Morgan fingerprint density at radius 1 is 1.05 bits per heavy atom. The van der Waals surface area contributed by atoms with Crippen molar-refractivity contribution in [2.24, 2.45) is 11.8 Å². The molecule has 0 spiro atoms. The normalized spacial score (nSPS) is 20.2. The van der Waals surface area contributed by atoms with E-state index in [0.717, 1.165) is 48.9 Å². The molecule has 3 aromatic rings. The number of nitrogens with one attached hydrogen (secondary N) is 2. The van der Waals surface area contributed by atoms with Gasteiger partial charge in [-0.2, -0.15) is 5.10 Å². The first-order valence-electron chi connectivity index (χ1n) is 13.7. The maximum atomic E-state index is 13.6. The molecule has 6 rings (SSSR count). The molecule has 0 bridgehead atoms. The predicted octanol–water partition coefficient (Wildman–Crippen LogP) is 4.36. The molecule has 0 unspecified atom stereocenters. The lowest BCUT2D eigenvalue weighted by Gasteiger charge is -2.33. The van der Waals surface area contributed by atoms with Crippen LogP contribution in [0.15, 0.2) is 23.8 Å². The number of rotatable bonds is 7. The monoisotopic (exact) mass is 521 g/mol. The first kappa shape index (κ1) is 24.3. The van der Waals surface area contributed by atoms with Crippen LogP contribution in [0.3, 0.4) is 0 Å². The summed E-state index contributed by atoms with van der Waals surface area (Å²) in [5.41, 5.74) is 1.23. The SMILES string of the molecule is C[C@H](Nc1cc(C(=O)N2CCC(NC(=O)C3CCCCC3)CC2)nc(-c2cnn3ccsc23)n1)C1CC1. The summed E-state index contributed by atoms with van der Waals surface area (Å²) in [5.74, 6) is 2.13. The van der Waals surface area contributed by atoms with Crippen molar-refractivity contribution in [1.82, 2.24) is 29.8 Å². The van der Waals surface area contributed by atoms with Gasteiger partial charge in [0.1, 0.15) is 16.3 Å². The van der Waals surface area contributed by atoms with Gasteiger partial charge in [0, 0.05) is 48.7 Å². The Kier molecular flexibility index (Phi) is 6.84. The number of amides is 2. The molecule has 3 fully saturated rings. The van der Waals surface area contributed by atoms with Gasteiger partial charge in [-0.25, -0.2) is 14.5 Å². The zero-order valence-electron chi connectivity index (χ0n) is 21.4. The Balaban J connectivity index is 1.17. The lowest BCUT2D eigenvalue weighted by molar-refractivity contribution is -0.126. The summed E-state index contributed by atoms with van der Waals surface area (Å²) in [5, 5.41) is 13.2. The van der Waals surface area contributed by atoms with Gasteiger partial charge in [0.15, 0.2) is 5.82 Å². The van der Waals surface area contributed by atoms with Crippen molar-refractivity contribution >= 4 is 33.8 Å². The first-order valence-corrected chi connectivity index (χ1v) is 14.6. The van der Waals surface area contributed by atoms with Crippen molar-refractivity contribution in [1.29, 1.82) is 0 Å². The van der Waals surface area contributed by atoms with E-state index in [2.05, 4.69) is 22.7 Å². The molecule has 10 heteroatoms. The van der Waals surface area contributed by atoms with Crippen LogP contribution in [0.1, 0.15) is 75.2 Å². The summed E-state index contributed by atoms with van der Waals surface area (Å²) in [7, 11) is 0. The van der Waals surface area contributed by atoms with E-state index in [1.54, 1.807) is 23.6 Å². The van der Waals surface area contributed by atoms with E-state index < -0.39 is 0 Å². The lowest BCUT2D eigenvalue weighted by Crippen LogP contribution is -2.48. The van der Waals surface area contributed by atoms with Gasteiger partial charge in [-0.15, -0.1) is 11.3 Å². The quantitative estimate of drug-likeness (QED) is 0.479. The van der Waals surface area contributed by atoms with E-state index in [-0.39, 0.29) is 23.8 Å². The molecule has 2 saturated carbocycles. The average molecular weight is 522 g/mol. The van der Waals surface area contributed by atoms with Gasteiger partial charge >= 0.3 is 0 Å². The standard InChI is InChI=1S/C27H35N7O2S/c1-17(18-7-8-18)29-23-15-22(31-24(32-23)21-16-28-34-13-14-37-27(21)34)26(36)33-11-9-20(10-12-33)30-25(35)19-5-3-2-4-6-19/h13-20H,2-12H2,1H3,(H,30,35)(H,29,31,32)/t17-/m0/s1. The van der Waals surface area contributed by atoms with Crippen LogP contribution in [0.2, 0.25) is 0 Å². The van der Waals surface area contributed by atoms with E-state index in [1.807, 2.05) is 21.0 Å². The van der Waals surface area contributed by atoms with Crippen LogP contribution in [0.25, 0.3) is 16.2 Å². The van der Waals surface area contributed by atoms with Crippen LogP contribution in [0.5, 0.6) is 0 Å². The Bertz CT molecular complexity index is 1270. The number of hydrogen-bond acceptors (Lipinski definition) is 7.